The van der Waals surface area contributed by atoms with Gasteiger partial charge in [-0.25, -0.2) is 0 Å². The van der Waals surface area contributed by atoms with Crippen LogP contribution in [-0.4, -0.2) is 25.0 Å². The van der Waals surface area contributed by atoms with Gasteiger partial charge in [0.05, 0.1) is 6.42 Å². The van der Waals surface area contributed by atoms with Gasteiger partial charge < -0.3 is 10.1 Å². The Morgan fingerprint density at radius 2 is 1.71 bits per heavy atom. The van der Waals surface area contributed by atoms with Crippen molar-refractivity contribution in [2.24, 2.45) is 0 Å². The minimum Gasteiger partial charge on any atom is -0.455 e. The van der Waals surface area contributed by atoms with Gasteiger partial charge in [0.25, 0.3) is 5.91 Å². The lowest BCUT2D eigenvalue weighted by Gasteiger charge is -2.07. The highest BCUT2D eigenvalue weighted by Crippen LogP contribution is 2.15. The molecule has 6 heteroatoms. The molecule has 126 valence electrons. The van der Waals surface area contributed by atoms with E-state index in [1.54, 1.807) is 36.4 Å². The molecule has 0 atom stereocenters. The van der Waals surface area contributed by atoms with Crippen molar-refractivity contribution < 1.29 is 14.3 Å². The summed E-state index contributed by atoms with van der Waals surface area (Å²) in [6.45, 7) is 0.159. The van der Waals surface area contributed by atoms with Crippen LogP contribution in [0.3, 0.4) is 0 Å². The molecule has 2 aromatic rings. The van der Waals surface area contributed by atoms with Gasteiger partial charge >= 0.3 is 5.97 Å². The number of carbonyl (C=O) groups excluding carboxylic acids is 2. The van der Waals surface area contributed by atoms with Crippen LogP contribution in [0.25, 0.3) is 0 Å². The number of benzene rings is 2. The van der Waals surface area contributed by atoms with Crippen molar-refractivity contribution in [1.82, 2.24) is 5.32 Å². The predicted molar refractivity (Wildman–Crippen MR) is 94.3 cm³/mol. The van der Waals surface area contributed by atoms with Crippen molar-refractivity contribution in [2.45, 2.75) is 12.8 Å². The smallest absolute Gasteiger partial charge is 0.310 e. The minimum absolute atomic E-state index is 0.0394. The van der Waals surface area contributed by atoms with E-state index in [9.17, 15) is 9.59 Å². The van der Waals surface area contributed by atoms with Gasteiger partial charge in [-0.1, -0.05) is 53.5 Å². The van der Waals surface area contributed by atoms with Gasteiger partial charge in [0.15, 0.2) is 6.61 Å². The first-order valence-electron chi connectivity index (χ1n) is 7.45. The van der Waals surface area contributed by atoms with Crippen molar-refractivity contribution in [3.63, 3.8) is 0 Å². The summed E-state index contributed by atoms with van der Waals surface area (Å²) >= 11 is 11.8. The van der Waals surface area contributed by atoms with Crippen LogP contribution in [0.15, 0.2) is 48.5 Å². The molecule has 0 spiro atoms. The third kappa shape index (κ3) is 6.22. The summed E-state index contributed by atoms with van der Waals surface area (Å²) in [5.74, 6) is -0.826. The van der Waals surface area contributed by atoms with Crippen LogP contribution in [0.4, 0.5) is 0 Å². The normalized spacial score (nSPS) is 10.2. The van der Waals surface area contributed by atoms with Gasteiger partial charge in [0.1, 0.15) is 0 Å². The maximum absolute atomic E-state index is 11.7. The molecule has 0 saturated heterocycles. The van der Waals surface area contributed by atoms with Crippen molar-refractivity contribution in [1.29, 1.82) is 0 Å². The molecule has 0 radical (unpaired) electrons. The topological polar surface area (TPSA) is 55.4 Å². The summed E-state index contributed by atoms with van der Waals surface area (Å²) < 4.78 is 4.95. The highest BCUT2D eigenvalue weighted by Gasteiger charge is 2.10. The summed E-state index contributed by atoms with van der Waals surface area (Å²) in [6, 6.07) is 14.4. The maximum Gasteiger partial charge on any atom is 0.310 e. The maximum atomic E-state index is 11.7. The van der Waals surface area contributed by atoms with Crippen molar-refractivity contribution >= 4 is 35.1 Å². The Kier molecular flexibility index (Phi) is 7.09. The molecule has 0 aromatic heterocycles. The Hall–Kier alpha value is -2.04. The zero-order valence-electron chi connectivity index (χ0n) is 12.9. The van der Waals surface area contributed by atoms with E-state index in [-0.39, 0.29) is 18.9 Å². The quantitative estimate of drug-likeness (QED) is 0.764. The lowest BCUT2D eigenvalue weighted by atomic mass is 10.1. The average Bonchev–Trinajstić information content (AvgIpc) is 2.57. The number of rotatable bonds is 7. The molecule has 1 amide bonds. The van der Waals surface area contributed by atoms with Crippen LogP contribution < -0.4 is 5.32 Å². The largest absolute Gasteiger partial charge is 0.455 e. The van der Waals surface area contributed by atoms with Crippen molar-refractivity contribution in [3.05, 3.63) is 69.7 Å². The van der Waals surface area contributed by atoms with Crippen LogP contribution in [0.2, 0.25) is 10.0 Å². The molecule has 0 unspecified atom stereocenters. The lowest BCUT2D eigenvalue weighted by Crippen LogP contribution is -2.30. The molecular weight excluding hydrogens is 349 g/mol. The molecular formula is C18H17Cl2NO3. The Morgan fingerprint density at radius 3 is 2.42 bits per heavy atom. The molecule has 0 fully saturated rings. The molecule has 1 N–H and O–H groups in total. The van der Waals surface area contributed by atoms with E-state index in [0.29, 0.717) is 28.6 Å². The minimum atomic E-state index is -0.490. The Balaban J connectivity index is 1.66. The van der Waals surface area contributed by atoms with Crippen LogP contribution >= 0.6 is 23.2 Å². The molecule has 4 nitrogen and oxygen atoms in total. The van der Waals surface area contributed by atoms with E-state index in [4.69, 9.17) is 27.9 Å². The summed E-state index contributed by atoms with van der Waals surface area (Å²) in [6.07, 6.45) is 0.716. The van der Waals surface area contributed by atoms with Gasteiger partial charge in [0, 0.05) is 16.6 Å². The number of hydrogen-bond donors (Lipinski definition) is 1. The third-order valence-electron chi connectivity index (χ3n) is 3.31. The highest BCUT2D eigenvalue weighted by atomic mass is 35.5. The van der Waals surface area contributed by atoms with Crippen LogP contribution in [0, 0.1) is 0 Å². The van der Waals surface area contributed by atoms with Gasteiger partial charge in [0.2, 0.25) is 0 Å². The van der Waals surface area contributed by atoms with Crippen molar-refractivity contribution in [3.8, 4) is 0 Å². The fourth-order valence-electron chi connectivity index (χ4n) is 2.04. The number of esters is 1. The molecule has 0 aliphatic carbocycles. The summed E-state index contributed by atoms with van der Waals surface area (Å²) in [4.78, 5) is 23.4. The first-order valence-corrected chi connectivity index (χ1v) is 8.20. The number of halogens is 2. The molecule has 0 bridgehead atoms. The average molecular weight is 366 g/mol. The molecule has 0 aliphatic rings. The van der Waals surface area contributed by atoms with Gasteiger partial charge in [-0.2, -0.15) is 0 Å². The predicted octanol–water partition coefficient (Wildman–Crippen LogP) is 3.44. The number of carbonyl (C=O) groups is 2. The molecule has 24 heavy (non-hydrogen) atoms. The SMILES string of the molecule is O=C(COC(=O)Cc1ccccc1Cl)NCCc1ccc(Cl)cc1. The summed E-state index contributed by atoms with van der Waals surface area (Å²) in [5.41, 5.74) is 1.74. The van der Waals surface area contributed by atoms with E-state index >= 15 is 0 Å². The summed E-state index contributed by atoms with van der Waals surface area (Å²) in [7, 11) is 0. The van der Waals surface area contributed by atoms with E-state index < -0.39 is 5.97 Å². The first kappa shape index (κ1) is 18.3. The Morgan fingerprint density at radius 1 is 1.00 bits per heavy atom. The highest BCUT2D eigenvalue weighted by molar-refractivity contribution is 6.31. The van der Waals surface area contributed by atoms with Crippen LogP contribution in [-0.2, 0) is 27.2 Å². The van der Waals surface area contributed by atoms with Crippen molar-refractivity contribution in [2.75, 3.05) is 13.2 Å². The molecule has 0 saturated carbocycles. The monoisotopic (exact) mass is 365 g/mol. The Bertz CT molecular complexity index is 702. The zero-order chi connectivity index (χ0) is 17.4. The Labute approximate surface area is 150 Å². The van der Waals surface area contributed by atoms with Crippen LogP contribution in [0.1, 0.15) is 11.1 Å². The molecule has 2 aromatic carbocycles. The van der Waals surface area contributed by atoms with Crippen LogP contribution in [0.5, 0.6) is 0 Å². The standard InChI is InChI=1S/C18H17Cl2NO3/c19-15-7-5-13(6-8-15)9-10-21-17(22)12-24-18(23)11-14-3-1-2-4-16(14)20/h1-8H,9-12H2,(H,21,22). The number of ether oxygens (including phenoxy) is 1. The third-order valence-corrected chi connectivity index (χ3v) is 3.93. The number of hydrogen-bond acceptors (Lipinski definition) is 3. The molecule has 2 rings (SSSR count). The van der Waals surface area contributed by atoms with Gasteiger partial charge in [-0.15, -0.1) is 0 Å². The molecule has 0 aliphatic heterocycles. The first-order chi connectivity index (χ1) is 11.5. The van der Waals surface area contributed by atoms with E-state index in [0.717, 1.165) is 5.56 Å². The second kappa shape index (κ2) is 9.30. The second-order valence-electron chi connectivity index (χ2n) is 5.16. The zero-order valence-corrected chi connectivity index (χ0v) is 14.4. The second-order valence-corrected chi connectivity index (χ2v) is 6.00. The van der Waals surface area contributed by atoms with E-state index in [2.05, 4.69) is 5.32 Å². The fourth-order valence-corrected chi connectivity index (χ4v) is 2.37. The number of nitrogens with one attached hydrogen (secondary N) is 1. The fraction of sp³-hybridized carbons (Fsp3) is 0.222. The molecule has 0 heterocycles. The van der Waals surface area contributed by atoms with Gasteiger partial charge in [-0.05, 0) is 35.7 Å². The number of amides is 1. The van der Waals surface area contributed by atoms with E-state index in [1.165, 1.54) is 0 Å². The van der Waals surface area contributed by atoms with E-state index in [1.807, 2.05) is 12.1 Å². The lowest BCUT2D eigenvalue weighted by molar-refractivity contribution is -0.147. The summed E-state index contributed by atoms with van der Waals surface area (Å²) in [5, 5.41) is 3.88. The van der Waals surface area contributed by atoms with Gasteiger partial charge in [-0.3, -0.25) is 9.59 Å².